The van der Waals surface area contributed by atoms with Gasteiger partial charge in [0.1, 0.15) is 11.6 Å². The van der Waals surface area contributed by atoms with Gasteiger partial charge in [0.2, 0.25) is 5.91 Å². The van der Waals surface area contributed by atoms with Crippen molar-refractivity contribution in [2.45, 2.75) is 32.4 Å². The van der Waals surface area contributed by atoms with Crippen LogP contribution in [-0.4, -0.2) is 79.6 Å². The molecule has 9 heteroatoms. The summed E-state index contributed by atoms with van der Waals surface area (Å²) in [7, 11) is 0. The number of nitrogens with two attached hydrogens (primary N) is 1. The van der Waals surface area contributed by atoms with Crippen LogP contribution in [0.1, 0.15) is 29.8 Å². The number of aliphatic hydroxyl groups is 1. The molecule has 2 amide bonds. The molecule has 1 aliphatic rings. The van der Waals surface area contributed by atoms with Crippen LogP contribution in [0.2, 0.25) is 0 Å². The lowest BCUT2D eigenvalue weighted by Crippen LogP contribution is -2.61. The second kappa shape index (κ2) is 7.38. The molecule has 1 fully saturated rings. The Morgan fingerprint density at radius 1 is 1.35 bits per heavy atom. The molecule has 1 atom stereocenters. The molecule has 0 radical (unpaired) electrons. The predicted octanol–water partition coefficient (Wildman–Crippen LogP) is -0.716. The number of rotatable bonds is 5. The van der Waals surface area contributed by atoms with E-state index in [0.717, 1.165) is 5.56 Å². The van der Waals surface area contributed by atoms with E-state index in [4.69, 9.17) is 10.8 Å². The number of aromatic nitrogens is 3. The van der Waals surface area contributed by atoms with Crippen molar-refractivity contribution in [2.24, 2.45) is 5.73 Å². The lowest BCUT2D eigenvalue weighted by molar-refractivity contribution is -0.126. The van der Waals surface area contributed by atoms with Crippen molar-refractivity contribution in [3.8, 4) is 0 Å². The molecule has 1 saturated heterocycles. The van der Waals surface area contributed by atoms with E-state index < -0.39 is 11.9 Å². The van der Waals surface area contributed by atoms with Crippen LogP contribution in [0.4, 0.5) is 0 Å². The summed E-state index contributed by atoms with van der Waals surface area (Å²) in [5.74, 6) is -0.639. The molecular formula is C17H24N6O3. The van der Waals surface area contributed by atoms with Gasteiger partial charge in [0.05, 0.1) is 6.20 Å². The van der Waals surface area contributed by atoms with Gasteiger partial charge < -0.3 is 15.7 Å². The fourth-order valence-electron chi connectivity index (χ4n) is 3.35. The summed E-state index contributed by atoms with van der Waals surface area (Å²) in [4.78, 5) is 32.7. The minimum Gasteiger partial charge on any atom is -0.396 e. The highest BCUT2D eigenvalue weighted by Gasteiger charge is 2.35. The molecule has 0 spiro atoms. The fraction of sp³-hybridized carbons (Fsp3) is 0.529. The Morgan fingerprint density at radius 2 is 2.12 bits per heavy atom. The number of nitrogens with zero attached hydrogens (tertiary/aromatic N) is 5. The first-order chi connectivity index (χ1) is 12.4. The molecule has 26 heavy (non-hydrogen) atoms. The molecule has 9 nitrogen and oxygen atoms in total. The van der Waals surface area contributed by atoms with Gasteiger partial charge in [-0.2, -0.15) is 5.10 Å². The molecule has 2 aromatic heterocycles. The zero-order valence-corrected chi connectivity index (χ0v) is 15.0. The molecule has 0 bridgehead atoms. The van der Waals surface area contributed by atoms with Gasteiger partial charge in [-0.25, -0.2) is 9.50 Å². The summed E-state index contributed by atoms with van der Waals surface area (Å²) in [5, 5.41) is 13.2. The minimum atomic E-state index is -0.501. The minimum absolute atomic E-state index is 0.0227. The molecule has 3 N–H and O–H groups in total. The third-order valence-corrected chi connectivity index (χ3v) is 4.74. The van der Waals surface area contributed by atoms with Crippen molar-refractivity contribution in [3.63, 3.8) is 0 Å². The Balaban J connectivity index is 1.83. The average molecular weight is 360 g/mol. The number of carbonyl (C=O) groups is 2. The van der Waals surface area contributed by atoms with Crippen LogP contribution in [-0.2, 0) is 11.2 Å². The number of amides is 2. The number of hydrogen-bond acceptors (Lipinski definition) is 6. The maximum absolute atomic E-state index is 13.0. The molecule has 0 saturated carbocycles. The molecule has 140 valence electrons. The van der Waals surface area contributed by atoms with Crippen molar-refractivity contribution < 1.29 is 14.7 Å². The largest absolute Gasteiger partial charge is 0.396 e. The van der Waals surface area contributed by atoms with Gasteiger partial charge in [0.25, 0.3) is 5.91 Å². The highest BCUT2D eigenvalue weighted by atomic mass is 16.3. The molecule has 0 aromatic carbocycles. The quantitative estimate of drug-likeness (QED) is 0.727. The van der Waals surface area contributed by atoms with E-state index in [-0.39, 0.29) is 25.1 Å². The van der Waals surface area contributed by atoms with Crippen molar-refractivity contribution in [3.05, 3.63) is 29.7 Å². The zero-order valence-electron chi connectivity index (χ0n) is 15.0. The van der Waals surface area contributed by atoms with E-state index in [1.807, 2.05) is 18.7 Å². The number of carbonyl (C=O) groups excluding carboxylic acids is 2. The number of primary amides is 1. The average Bonchev–Trinajstić information content (AvgIpc) is 3.04. The van der Waals surface area contributed by atoms with E-state index in [1.165, 1.54) is 10.7 Å². The maximum atomic E-state index is 13.0. The Hall–Kier alpha value is -2.52. The summed E-state index contributed by atoms with van der Waals surface area (Å²) < 4.78 is 1.54. The van der Waals surface area contributed by atoms with E-state index >= 15 is 0 Å². The lowest BCUT2D eigenvalue weighted by Gasteiger charge is -2.41. The number of aliphatic hydroxyl groups excluding tert-OH is 1. The van der Waals surface area contributed by atoms with Gasteiger partial charge in [-0.3, -0.25) is 14.5 Å². The molecular weight excluding hydrogens is 336 g/mol. The van der Waals surface area contributed by atoms with Gasteiger partial charge in [0, 0.05) is 44.7 Å². The molecule has 1 unspecified atom stereocenters. The number of piperazine rings is 1. The van der Waals surface area contributed by atoms with Crippen LogP contribution in [0.3, 0.4) is 0 Å². The van der Waals surface area contributed by atoms with Gasteiger partial charge in [-0.05, 0) is 25.8 Å². The highest BCUT2D eigenvalue weighted by molar-refractivity contribution is 6.00. The van der Waals surface area contributed by atoms with E-state index in [0.29, 0.717) is 30.7 Å². The third kappa shape index (κ3) is 3.40. The third-order valence-electron chi connectivity index (χ3n) is 4.74. The van der Waals surface area contributed by atoms with E-state index in [1.54, 1.807) is 17.3 Å². The molecule has 3 rings (SSSR count). The van der Waals surface area contributed by atoms with Crippen molar-refractivity contribution in [1.29, 1.82) is 0 Å². The number of fused-ring (bicyclic) bond motifs is 1. The van der Waals surface area contributed by atoms with Crippen molar-refractivity contribution >= 4 is 17.5 Å². The summed E-state index contributed by atoms with van der Waals surface area (Å²) in [6.45, 7) is 5.39. The molecule has 3 heterocycles. The Labute approximate surface area is 151 Å². The number of hydrogen-bond donors (Lipinski definition) is 2. The highest BCUT2D eigenvalue weighted by Crippen LogP contribution is 2.18. The SMILES string of the molecule is CC(C)N1CCN(C(=O)c2cnn3cc(CCO)cnc23)CC1C(N)=O. The van der Waals surface area contributed by atoms with Crippen molar-refractivity contribution in [1.82, 2.24) is 24.4 Å². The summed E-state index contributed by atoms with van der Waals surface area (Å²) in [6.07, 6.45) is 5.34. The second-order valence-electron chi connectivity index (χ2n) is 6.76. The van der Waals surface area contributed by atoms with Crippen LogP contribution in [0.25, 0.3) is 5.65 Å². The zero-order chi connectivity index (χ0) is 18.8. The van der Waals surface area contributed by atoms with Crippen molar-refractivity contribution in [2.75, 3.05) is 26.2 Å². The lowest BCUT2D eigenvalue weighted by atomic mass is 10.1. The van der Waals surface area contributed by atoms with Gasteiger partial charge >= 0.3 is 0 Å². The standard InChI is InChI=1S/C17H24N6O3/c1-11(2)22-5-4-21(10-14(22)15(18)25)17(26)13-8-20-23-9-12(3-6-24)7-19-16(13)23/h7-9,11,14,24H,3-6,10H2,1-2H3,(H2,18,25). The summed E-state index contributed by atoms with van der Waals surface area (Å²) >= 11 is 0. The predicted molar refractivity (Wildman–Crippen MR) is 94.5 cm³/mol. The molecule has 1 aliphatic heterocycles. The van der Waals surface area contributed by atoms with Gasteiger partial charge in [-0.15, -0.1) is 0 Å². The summed E-state index contributed by atoms with van der Waals surface area (Å²) in [5.41, 5.74) is 7.23. The first-order valence-electron chi connectivity index (χ1n) is 8.69. The van der Waals surface area contributed by atoms with Gasteiger partial charge in [0.15, 0.2) is 5.65 Å². The smallest absolute Gasteiger partial charge is 0.259 e. The van der Waals surface area contributed by atoms with Crippen LogP contribution < -0.4 is 5.73 Å². The van der Waals surface area contributed by atoms with Crippen LogP contribution >= 0.6 is 0 Å². The Morgan fingerprint density at radius 3 is 2.77 bits per heavy atom. The normalized spacial score (nSPS) is 18.6. The first kappa shape index (κ1) is 18.3. The van der Waals surface area contributed by atoms with E-state index in [9.17, 15) is 9.59 Å². The van der Waals surface area contributed by atoms with Crippen LogP contribution in [0, 0.1) is 0 Å². The van der Waals surface area contributed by atoms with E-state index in [2.05, 4.69) is 10.1 Å². The maximum Gasteiger partial charge on any atom is 0.259 e. The van der Waals surface area contributed by atoms with Gasteiger partial charge in [-0.1, -0.05) is 0 Å². The van der Waals surface area contributed by atoms with Crippen LogP contribution in [0.5, 0.6) is 0 Å². The fourth-order valence-corrected chi connectivity index (χ4v) is 3.35. The second-order valence-corrected chi connectivity index (χ2v) is 6.76. The summed E-state index contributed by atoms with van der Waals surface area (Å²) in [6, 6.07) is -0.327. The Bertz CT molecular complexity index is 818. The first-order valence-corrected chi connectivity index (χ1v) is 8.69. The topological polar surface area (TPSA) is 117 Å². The van der Waals surface area contributed by atoms with Crippen LogP contribution in [0.15, 0.2) is 18.6 Å². The Kier molecular flexibility index (Phi) is 5.19. The monoisotopic (exact) mass is 360 g/mol. The molecule has 2 aromatic rings. The molecule has 0 aliphatic carbocycles.